The van der Waals surface area contributed by atoms with Crippen LogP contribution in [0.25, 0.3) is 0 Å². The Morgan fingerprint density at radius 1 is 1.11 bits per heavy atom. The SMILES string of the molecule is CN(C)c1ccc(C(=O)N[C@@H](Cc2ccc(O)cc2)C(=O)N2CCC[C@H]3OCC(=O)[C@H]32)cc1.S.S. The lowest BCUT2D eigenvalue weighted by Crippen LogP contribution is -2.58. The molecular weight excluding hydrogens is 486 g/mol. The minimum Gasteiger partial charge on any atom is -0.508 e. The highest BCUT2D eigenvalue weighted by atomic mass is 32.1. The molecule has 3 atom stereocenters. The van der Waals surface area contributed by atoms with Crippen molar-refractivity contribution < 1.29 is 24.2 Å². The lowest BCUT2D eigenvalue weighted by molar-refractivity contribution is -0.142. The van der Waals surface area contributed by atoms with Crippen LogP contribution in [0.5, 0.6) is 5.75 Å². The number of ether oxygens (including phenoxy) is 1. The van der Waals surface area contributed by atoms with E-state index in [9.17, 15) is 19.5 Å². The molecule has 2 aliphatic rings. The molecule has 8 nitrogen and oxygen atoms in total. The van der Waals surface area contributed by atoms with Crippen LogP contribution in [0.3, 0.4) is 0 Å². The third-order valence-electron chi connectivity index (χ3n) is 6.25. The third kappa shape index (κ3) is 6.50. The number of Topliss-reactive ketones (excluding diaryl/α,β-unsaturated/α-hetero) is 1. The lowest BCUT2D eigenvalue weighted by atomic mass is 9.95. The molecule has 4 rings (SSSR count). The van der Waals surface area contributed by atoms with Gasteiger partial charge in [-0.05, 0) is 54.8 Å². The molecule has 0 radical (unpaired) electrons. The van der Waals surface area contributed by atoms with E-state index < -0.39 is 12.1 Å². The van der Waals surface area contributed by atoms with Crippen LogP contribution >= 0.6 is 27.0 Å². The van der Waals surface area contributed by atoms with E-state index in [2.05, 4.69) is 5.32 Å². The molecule has 2 N–H and O–H groups in total. The normalized spacial score (nSPS) is 19.6. The molecule has 0 unspecified atom stereocenters. The summed E-state index contributed by atoms with van der Waals surface area (Å²) in [6.45, 7) is 0.473. The van der Waals surface area contributed by atoms with Crippen molar-refractivity contribution in [2.45, 2.75) is 37.5 Å². The molecule has 35 heavy (non-hydrogen) atoms. The Morgan fingerprint density at radius 3 is 2.40 bits per heavy atom. The number of phenolic OH excluding ortho intramolecular Hbond substituents is 1. The number of nitrogens with zero attached hydrogens (tertiary/aromatic N) is 2. The van der Waals surface area contributed by atoms with Crippen molar-refractivity contribution in [2.24, 2.45) is 0 Å². The number of hydrogen-bond donors (Lipinski definition) is 2. The third-order valence-corrected chi connectivity index (χ3v) is 6.25. The highest BCUT2D eigenvalue weighted by molar-refractivity contribution is 7.59. The number of aromatic hydroxyl groups is 1. The average molecular weight is 520 g/mol. The van der Waals surface area contributed by atoms with E-state index in [0.29, 0.717) is 12.1 Å². The Balaban J connectivity index is 0.00000216. The van der Waals surface area contributed by atoms with Gasteiger partial charge in [0.05, 0.1) is 6.10 Å². The van der Waals surface area contributed by atoms with Crippen LogP contribution in [-0.4, -0.2) is 73.0 Å². The molecule has 190 valence electrons. The summed E-state index contributed by atoms with van der Waals surface area (Å²) in [5.41, 5.74) is 2.19. The topological polar surface area (TPSA) is 99.2 Å². The van der Waals surface area contributed by atoms with Crippen molar-refractivity contribution >= 4 is 50.3 Å². The summed E-state index contributed by atoms with van der Waals surface area (Å²) < 4.78 is 5.58. The van der Waals surface area contributed by atoms with Gasteiger partial charge in [-0.1, -0.05) is 12.1 Å². The van der Waals surface area contributed by atoms with Crippen molar-refractivity contribution in [1.29, 1.82) is 0 Å². The molecular formula is C25H33N3O5S2. The molecule has 10 heteroatoms. The number of hydrogen-bond acceptors (Lipinski definition) is 6. The van der Waals surface area contributed by atoms with Crippen LogP contribution in [0.1, 0.15) is 28.8 Å². The van der Waals surface area contributed by atoms with Crippen LogP contribution < -0.4 is 10.2 Å². The van der Waals surface area contributed by atoms with Gasteiger partial charge in [0, 0.05) is 38.3 Å². The molecule has 0 saturated carbocycles. The fourth-order valence-electron chi connectivity index (χ4n) is 4.46. The molecule has 0 aliphatic carbocycles. The standard InChI is InChI=1S/C25H29N3O5.2H2S/c1-27(2)18-9-7-17(8-10-18)24(31)26-20(14-16-5-11-19(29)12-6-16)25(32)28-13-3-4-22-23(28)21(30)15-33-22;;/h5-12,20,22-23,29H,3-4,13-15H2,1-2H3,(H,26,31);2*1H2/t20-,22+,23+;;/m0../s1. The number of likely N-dealkylation sites (tertiary alicyclic amines) is 1. The molecule has 2 fully saturated rings. The molecule has 2 amide bonds. The summed E-state index contributed by atoms with van der Waals surface area (Å²) in [6.07, 6.45) is 1.45. The van der Waals surface area contributed by atoms with E-state index in [-0.39, 0.29) is 69.5 Å². The van der Waals surface area contributed by atoms with Gasteiger partial charge in [0.2, 0.25) is 5.91 Å². The summed E-state index contributed by atoms with van der Waals surface area (Å²) in [5, 5.41) is 12.5. The van der Waals surface area contributed by atoms with Crippen molar-refractivity contribution in [3.63, 3.8) is 0 Å². The van der Waals surface area contributed by atoms with Gasteiger partial charge < -0.3 is 25.0 Å². The van der Waals surface area contributed by atoms with E-state index >= 15 is 0 Å². The summed E-state index contributed by atoms with van der Waals surface area (Å²) in [6, 6.07) is 12.2. The predicted molar refractivity (Wildman–Crippen MR) is 144 cm³/mol. The fraction of sp³-hybridized carbons (Fsp3) is 0.400. The second kappa shape index (κ2) is 12.3. The van der Waals surface area contributed by atoms with Crippen molar-refractivity contribution in [3.05, 3.63) is 59.7 Å². The maximum atomic E-state index is 13.6. The van der Waals surface area contributed by atoms with E-state index in [4.69, 9.17) is 4.74 Å². The summed E-state index contributed by atoms with van der Waals surface area (Å²) in [5.74, 6) is -0.629. The van der Waals surface area contributed by atoms with Gasteiger partial charge in [-0.25, -0.2) is 0 Å². The van der Waals surface area contributed by atoms with Gasteiger partial charge in [-0.15, -0.1) is 0 Å². The van der Waals surface area contributed by atoms with Gasteiger partial charge in [-0.2, -0.15) is 27.0 Å². The Morgan fingerprint density at radius 2 is 1.77 bits per heavy atom. The maximum Gasteiger partial charge on any atom is 0.251 e. The molecule has 2 aliphatic heterocycles. The number of rotatable bonds is 6. The number of piperidine rings is 1. The van der Waals surface area contributed by atoms with Gasteiger partial charge in [0.15, 0.2) is 5.78 Å². The smallest absolute Gasteiger partial charge is 0.251 e. The first-order chi connectivity index (χ1) is 15.8. The first kappa shape index (κ1) is 28.5. The zero-order valence-electron chi connectivity index (χ0n) is 19.9. The van der Waals surface area contributed by atoms with Crippen LogP contribution in [0.15, 0.2) is 48.5 Å². The van der Waals surface area contributed by atoms with Gasteiger partial charge in [-0.3, -0.25) is 14.4 Å². The Bertz CT molecular complexity index is 1030. The molecule has 2 saturated heterocycles. The molecule has 0 bridgehead atoms. The quantitative estimate of drug-likeness (QED) is 0.606. The fourth-order valence-corrected chi connectivity index (χ4v) is 4.46. The summed E-state index contributed by atoms with van der Waals surface area (Å²) in [7, 11) is 3.84. The Hall–Kier alpha value is -2.69. The van der Waals surface area contributed by atoms with Crippen LogP contribution in [-0.2, 0) is 20.7 Å². The number of benzene rings is 2. The van der Waals surface area contributed by atoms with E-state index in [1.54, 1.807) is 41.3 Å². The summed E-state index contributed by atoms with van der Waals surface area (Å²) in [4.78, 5) is 42.6. The number of anilines is 1. The molecule has 2 aromatic rings. The highest BCUT2D eigenvalue weighted by Gasteiger charge is 2.45. The van der Waals surface area contributed by atoms with Crippen molar-refractivity contribution in [2.75, 3.05) is 32.1 Å². The zero-order valence-corrected chi connectivity index (χ0v) is 21.9. The largest absolute Gasteiger partial charge is 0.508 e. The Kier molecular flexibility index (Phi) is 10.1. The van der Waals surface area contributed by atoms with Gasteiger partial charge in [0.1, 0.15) is 24.4 Å². The monoisotopic (exact) mass is 519 g/mol. The number of ketones is 1. The number of nitrogens with one attached hydrogen (secondary N) is 1. The molecule has 0 aromatic heterocycles. The molecule has 2 heterocycles. The number of amides is 2. The number of phenols is 1. The van der Waals surface area contributed by atoms with E-state index in [0.717, 1.165) is 24.1 Å². The summed E-state index contributed by atoms with van der Waals surface area (Å²) >= 11 is 0. The van der Waals surface area contributed by atoms with E-state index in [1.807, 2.05) is 31.1 Å². The molecule has 2 aromatic carbocycles. The first-order valence-corrected chi connectivity index (χ1v) is 11.1. The lowest BCUT2D eigenvalue weighted by Gasteiger charge is -2.37. The van der Waals surface area contributed by atoms with Gasteiger partial charge >= 0.3 is 0 Å². The predicted octanol–water partition coefficient (Wildman–Crippen LogP) is 1.98. The second-order valence-corrected chi connectivity index (χ2v) is 8.77. The van der Waals surface area contributed by atoms with Crippen LogP contribution in [0, 0.1) is 0 Å². The average Bonchev–Trinajstić information content (AvgIpc) is 3.20. The maximum absolute atomic E-state index is 13.6. The number of carbonyl (C=O) groups excluding carboxylic acids is 3. The number of fused-ring (bicyclic) bond motifs is 1. The van der Waals surface area contributed by atoms with Crippen molar-refractivity contribution in [3.8, 4) is 5.75 Å². The molecule has 0 spiro atoms. The Labute approximate surface area is 219 Å². The van der Waals surface area contributed by atoms with E-state index in [1.165, 1.54) is 0 Å². The van der Waals surface area contributed by atoms with Gasteiger partial charge in [0.25, 0.3) is 5.91 Å². The number of carbonyl (C=O) groups is 3. The second-order valence-electron chi connectivity index (χ2n) is 8.77. The minimum atomic E-state index is -0.859. The van der Waals surface area contributed by atoms with Crippen LogP contribution in [0.2, 0.25) is 0 Å². The highest BCUT2D eigenvalue weighted by Crippen LogP contribution is 2.27. The minimum absolute atomic E-state index is 0. The zero-order chi connectivity index (χ0) is 23.5. The van der Waals surface area contributed by atoms with Crippen molar-refractivity contribution in [1.82, 2.24) is 10.2 Å². The van der Waals surface area contributed by atoms with Crippen LogP contribution in [0.4, 0.5) is 5.69 Å². The first-order valence-electron chi connectivity index (χ1n) is 11.1.